The number of carbonyl (C=O) groups is 1. The highest BCUT2D eigenvalue weighted by Crippen LogP contribution is 2.17. The average Bonchev–Trinajstić information content (AvgIpc) is 3.22. The summed E-state index contributed by atoms with van der Waals surface area (Å²) < 4.78 is 10.1. The number of amides is 1. The van der Waals surface area contributed by atoms with Crippen LogP contribution in [0.4, 0.5) is 0 Å². The van der Waals surface area contributed by atoms with Crippen molar-refractivity contribution in [3.8, 4) is 11.4 Å². The Labute approximate surface area is 139 Å². The number of aromatic nitrogens is 3. The molecule has 0 spiro atoms. The topological polar surface area (TPSA) is 94.1 Å². The minimum atomic E-state index is -0.261. The molecule has 24 heavy (non-hydrogen) atoms. The van der Waals surface area contributed by atoms with E-state index in [4.69, 9.17) is 9.05 Å². The molecule has 0 aliphatic heterocycles. The first-order chi connectivity index (χ1) is 11.5. The van der Waals surface area contributed by atoms with Crippen LogP contribution in [0.5, 0.6) is 0 Å². The quantitative estimate of drug-likeness (QED) is 0.774. The Morgan fingerprint density at radius 3 is 2.50 bits per heavy atom. The second-order valence-corrected chi connectivity index (χ2v) is 5.79. The van der Waals surface area contributed by atoms with E-state index in [9.17, 15) is 4.79 Å². The molecule has 0 unspecified atom stereocenters. The monoisotopic (exact) mass is 326 g/mol. The molecule has 0 atom stereocenters. The second-order valence-electron chi connectivity index (χ2n) is 5.79. The predicted molar refractivity (Wildman–Crippen MR) is 86.2 cm³/mol. The van der Waals surface area contributed by atoms with Crippen LogP contribution in [0.2, 0.25) is 0 Å². The first-order valence-corrected chi connectivity index (χ1v) is 7.67. The average molecular weight is 326 g/mol. The van der Waals surface area contributed by atoms with Crippen molar-refractivity contribution >= 4 is 5.91 Å². The minimum absolute atomic E-state index is 0.195. The van der Waals surface area contributed by atoms with Gasteiger partial charge in [-0.15, -0.1) is 0 Å². The Morgan fingerprint density at radius 1 is 1.17 bits per heavy atom. The van der Waals surface area contributed by atoms with Gasteiger partial charge in [0.1, 0.15) is 5.76 Å². The number of benzene rings is 1. The molecule has 3 rings (SSSR count). The number of carbonyl (C=O) groups excluding carboxylic acids is 1. The molecule has 3 aromatic rings. The summed E-state index contributed by atoms with van der Waals surface area (Å²) >= 11 is 0. The zero-order chi connectivity index (χ0) is 17.1. The molecular weight excluding hydrogens is 308 g/mol. The van der Waals surface area contributed by atoms with Gasteiger partial charge in [-0.2, -0.15) is 4.98 Å². The van der Waals surface area contributed by atoms with Crippen LogP contribution in [0.3, 0.4) is 0 Å². The van der Waals surface area contributed by atoms with Gasteiger partial charge in [-0.25, -0.2) is 0 Å². The third-order valence-electron chi connectivity index (χ3n) is 3.52. The second kappa shape index (κ2) is 6.66. The molecule has 1 amide bonds. The van der Waals surface area contributed by atoms with Crippen LogP contribution in [0, 0.1) is 6.92 Å². The van der Waals surface area contributed by atoms with E-state index in [1.807, 2.05) is 38.1 Å². The Balaban J connectivity index is 1.60. The third kappa shape index (κ3) is 3.51. The highest BCUT2D eigenvalue weighted by molar-refractivity contribution is 5.92. The van der Waals surface area contributed by atoms with Gasteiger partial charge in [-0.05, 0) is 5.56 Å². The molecular formula is C17H18N4O3. The first kappa shape index (κ1) is 15.9. The van der Waals surface area contributed by atoms with Crippen molar-refractivity contribution in [1.82, 2.24) is 20.6 Å². The lowest BCUT2D eigenvalue weighted by molar-refractivity contribution is 0.0941. The summed E-state index contributed by atoms with van der Waals surface area (Å²) in [6.07, 6.45) is 0. The van der Waals surface area contributed by atoms with Crippen LogP contribution >= 0.6 is 0 Å². The maximum absolute atomic E-state index is 12.1. The van der Waals surface area contributed by atoms with Crippen molar-refractivity contribution in [2.75, 3.05) is 0 Å². The van der Waals surface area contributed by atoms with Crippen molar-refractivity contribution in [3.05, 3.63) is 53.2 Å². The van der Waals surface area contributed by atoms with Gasteiger partial charge in [0.15, 0.2) is 5.69 Å². The number of aryl methyl sites for hydroxylation is 1. The lowest BCUT2D eigenvalue weighted by Gasteiger charge is -2.03. The fraction of sp³-hybridized carbons (Fsp3) is 0.294. The van der Waals surface area contributed by atoms with Crippen LogP contribution in [0.25, 0.3) is 11.4 Å². The van der Waals surface area contributed by atoms with E-state index >= 15 is 0 Å². The molecule has 0 aliphatic rings. The summed E-state index contributed by atoms with van der Waals surface area (Å²) in [4.78, 5) is 16.3. The van der Waals surface area contributed by atoms with Crippen LogP contribution in [-0.4, -0.2) is 21.2 Å². The van der Waals surface area contributed by atoms with E-state index in [0.717, 1.165) is 11.1 Å². The first-order valence-electron chi connectivity index (χ1n) is 7.67. The van der Waals surface area contributed by atoms with E-state index in [2.05, 4.69) is 20.6 Å². The summed E-state index contributed by atoms with van der Waals surface area (Å²) in [5.74, 6) is 1.70. The van der Waals surface area contributed by atoms with Gasteiger partial charge < -0.3 is 14.4 Å². The summed E-state index contributed by atoms with van der Waals surface area (Å²) in [5.41, 5.74) is 2.11. The van der Waals surface area contributed by atoms with Crippen molar-refractivity contribution < 1.29 is 13.8 Å². The maximum atomic E-state index is 12.1. The Morgan fingerprint density at radius 2 is 1.92 bits per heavy atom. The molecule has 0 fully saturated rings. The maximum Gasteiger partial charge on any atom is 0.273 e. The molecule has 7 heteroatoms. The van der Waals surface area contributed by atoms with E-state index in [1.165, 1.54) is 0 Å². The van der Waals surface area contributed by atoms with Gasteiger partial charge in [-0.3, -0.25) is 4.79 Å². The fourth-order valence-electron chi connectivity index (χ4n) is 2.13. The van der Waals surface area contributed by atoms with Crippen molar-refractivity contribution in [1.29, 1.82) is 0 Å². The van der Waals surface area contributed by atoms with Crippen molar-refractivity contribution in [3.63, 3.8) is 0 Å². The number of nitrogens with zero attached hydrogens (tertiary/aromatic N) is 3. The molecule has 0 aliphatic carbocycles. The summed E-state index contributed by atoms with van der Waals surface area (Å²) in [7, 11) is 0. The van der Waals surface area contributed by atoms with Crippen LogP contribution < -0.4 is 5.32 Å². The van der Waals surface area contributed by atoms with Crippen molar-refractivity contribution in [2.24, 2.45) is 0 Å². The zero-order valence-electron chi connectivity index (χ0n) is 13.7. The van der Waals surface area contributed by atoms with Gasteiger partial charge >= 0.3 is 0 Å². The highest BCUT2D eigenvalue weighted by Gasteiger charge is 2.14. The van der Waals surface area contributed by atoms with Crippen LogP contribution in [-0.2, 0) is 6.54 Å². The van der Waals surface area contributed by atoms with Crippen molar-refractivity contribution in [2.45, 2.75) is 33.2 Å². The fourth-order valence-corrected chi connectivity index (χ4v) is 2.13. The van der Waals surface area contributed by atoms with Crippen LogP contribution in [0.1, 0.15) is 47.5 Å². The molecule has 0 saturated carbocycles. The normalized spacial score (nSPS) is 11.0. The number of hydrogen-bond acceptors (Lipinski definition) is 6. The summed E-state index contributed by atoms with van der Waals surface area (Å²) in [6.45, 7) is 6.10. The third-order valence-corrected chi connectivity index (χ3v) is 3.52. The van der Waals surface area contributed by atoms with Gasteiger partial charge in [0.2, 0.25) is 11.7 Å². The Kier molecular flexibility index (Phi) is 4.41. The SMILES string of the molecule is Cc1nc(-c2ccc(CNC(=O)c3cc(C(C)C)on3)cc2)no1. The molecule has 2 heterocycles. The van der Waals surface area contributed by atoms with Gasteiger partial charge in [0.05, 0.1) is 0 Å². The highest BCUT2D eigenvalue weighted by atomic mass is 16.5. The zero-order valence-corrected chi connectivity index (χ0v) is 13.7. The lowest BCUT2D eigenvalue weighted by atomic mass is 10.1. The largest absolute Gasteiger partial charge is 0.360 e. The number of nitrogens with one attached hydrogen (secondary N) is 1. The Bertz CT molecular complexity index is 834. The van der Waals surface area contributed by atoms with Crippen LogP contribution in [0.15, 0.2) is 39.4 Å². The van der Waals surface area contributed by atoms with Gasteiger partial charge in [0, 0.05) is 31.0 Å². The molecule has 1 aromatic carbocycles. The molecule has 0 radical (unpaired) electrons. The molecule has 0 saturated heterocycles. The van der Waals surface area contributed by atoms with E-state index < -0.39 is 0 Å². The number of rotatable bonds is 5. The summed E-state index contributed by atoms with van der Waals surface area (Å²) in [6, 6.07) is 9.26. The van der Waals surface area contributed by atoms with E-state index in [1.54, 1.807) is 13.0 Å². The smallest absolute Gasteiger partial charge is 0.273 e. The van der Waals surface area contributed by atoms with Gasteiger partial charge in [0.25, 0.3) is 5.91 Å². The Hall–Kier alpha value is -2.96. The minimum Gasteiger partial charge on any atom is -0.360 e. The molecule has 0 bridgehead atoms. The van der Waals surface area contributed by atoms with Gasteiger partial charge in [-0.1, -0.05) is 48.4 Å². The molecule has 124 valence electrons. The van der Waals surface area contributed by atoms with E-state index in [-0.39, 0.29) is 17.5 Å². The lowest BCUT2D eigenvalue weighted by Crippen LogP contribution is -2.23. The molecule has 2 aromatic heterocycles. The number of hydrogen-bond donors (Lipinski definition) is 1. The summed E-state index contributed by atoms with van der Waals surface area (Å²) in [5, 5.41) is 10.5. The standard InChI is InChI=1S/C17H18N4O3/c1-10(2)15-8-14(20-24-15)17(22)18-9-12-4-6-13(7-5-12)16-19-11(3)23-21-16/h4-8,10H,9H2,1-3H3,(H,18,22). The molecule has 1 N–H and O–H groups in total. The predicted octanol–water partition coefficient (Wildman–Crippen LogP) is 3.09. The molecule has 7 nitrogen and oxygen atoms in total. The van der Waals surface area contributed by atoms with E-state index in [0.29, 0.717) is 24.0 Å².